The number of rotatable bonds is 0. The first-order chi connectivity index (χ1) is 8.83. The molecule has 0 bridgehead atoms. The fourth-order valence-corrected chi connectivity index (χ4v) is 2.56. The van der Waals surface area contributed by atoms with Crippen LogP contribution in [0.15, 0.2) is 18.3 Å². The van der Waals surface area contributed by atoms with E-state index in [1.165, 1.54) is 11.3 Å². The first kappa shape index (κ1) is 9.96. The van der Waals surface area contributed by atoms with Crippen LogP contribution < -0.4 is 5.32 Å². The Bertz CT molecular complexity index is 759. The second-order valence-corrected chi connectivity index (χ2v) is 4.72. The molecule has 0 spiro atoms. The van der Waals surface area contributed by atoms with E-state index < -0.39 is 0 Å². The lowest BCUT2D eigenvalue weighted by molar-refractivity contribution is 0.611. The summed E-state index contributed by atoms with van der Waals surface area (Å²) in [7, 11) is 0. The van der Waals surface area contributed by atoms with Crippen molar-refractivity contribution in [3.63, 3.8) is 0 Å². The average molecular weight is 239 g/mol. The lowest BCUT2D eigenvalue weighted by Crippen LogP contribution is -2.26. The molecule has 0 aromatic carbocycles. The second-order valence-electron chi connectivity index (χ2n) is 4.72. The Hall–Kier alpha value is -2.01. The summed E-state index contributed by atoms with van der Waals surface area (Å²) < 4.78 is 1.97. The third kappa shape index (κ3) is 1.28. The lowest BCUT2D eigenvalue weighted by Gasteiger charge is -2.16. The monoisotopic (exact) mass is 239 g/mol. The molecule has 1 aliphatic rings. The molecule has 0 saturated heterocycles. The van der Waals surface area contributed by atoms with Gasteiger partial charge >= 0.3 is 0 Å². The van der Waals surface area contributed by atoms with Crippen LogP contribution in [0.2, 0.25) is 0 Å². The molecule has 0 atom stereocenters. The lowest BCUT2D eigenvalue weighted by atomic mass is 10.1. The SMILES string of the molecule is Cc1ccc2c(n1)nn1c3c(cnc21)CNCC3. The highest BCUT2D eigenvalue weighted by Crippen LogP contribution is 2.21. The molecule has 5 nitrogen and oxygen atoms in total. The van der Waals surface area contributed by atoms with Gasteiger partial charge in [-0.05, 0) is 19.1 Å². The first-order valence-corrected chi connectivity index (χ1v) is 6.16. The quantitative estimate of drug-likeness (QED) is 0.641. The maximum absolute atomic E-state index is 4.60. The highest BCUT2D eigenvalue weighted by atomic mass is 15.3. The van der Waals surface area contributed by atoms with Gasteiger partial charge in [0.2, 0.25) is 0 Å². The molecule has 18 heavy (non-hydrogen) atoms. The molecule has 3 aromatic rings. The number of aryl methyl sites for hydroxylation is 1. The van der Waals surface area contributed by atoms with Gasteiger partial charge in [0.05, 0.1) is 11.1 Å². The Kier molecular flexibility index (Phi) is 1.93. The molecule has 0 unspecified atom stereocenters. The summed E-state index contributed by atoms with van der Waals surface area (Å²) in [5.41, 5.74) is 5.18. The van der Waals surface area contributed by atoms with Gasteiger partial charge in [-0.15, -0.1) is 5.10 Å². The molecule has 0 radical (unpaired) electrons. The normalized spacial score (nSPS) is 15.2. The zero-order chi connectivity index (χ0) is 12.1. The molecule has 0 amide bonds. The Morgan fingerprint density at radius 1 is 1.33 bits per heavy atom. The predicted octanol–water partition coefficient (Wildman–Crippen LogP) is 1.23. The van der Waals surface area contributed by atoms with Crippen LogP contribution in [0.3, 0.4) is 0 Å². The van der Waals surface area contributed by atoms with E-state index in [1.807, 2.05) is 23.7 Å². The molecule has 3 aromatic heterocycles. The Morgan fingerprint density at radius 3 is 3.22 bits per heavy atom. The van der Waals surface area contributed by atoms with Crippen molar-refractivity contribution < 1.29 is 0 Å². The number of fused-ring (bicyclic) bond motifs is 5. The van der Waals surface area contributed by atoms with E-state index in [0.29, 0.717) is 0 Å². The van der Waals surface area contributed by atoms with E-state index in [4.69, 9.17) is 0 Å². The predicted molar refractivity (Wildman–Crippen MR) is 68.4 cm³/mol. The average Bonchev–Trinajstić information content (AvgIpc) is 2.76. The topological polar surface area (TPSA) is 55.1 Å². The van der Waals surface area contributed by atoms with Crippen LogP contribution in [0, 0.1) is 6.92 Å². The molecule has 1 N–H and O–H groups in total. The number of aromatic nitrogens is 4. The summed E-state index contributed by atoms with van der Waals surface area (Å²) in [5, 5.41) is 8.99. The molecule has 5 heteroatoms. The maximum Gasteiger partial charge on any atom is 0.184 e. The van der Waals surface area contributed by atoms with Crippen LogP contribution in [0.25, 0.3) is 16.7 Å². The number of nitrogens with one attached hydrogen (secondary N) is 1. The van der Waals surface area contributed by atoms with Gasteiger partial charge in [0, 0.05) is 37.0 Å². The molecule has 0 fully saturated rings. The van der Waals surface area contributed by atoms with Gasteiger partial charge < -0.3 is 5.32 Å². The minimum atomic E-state index is 0.787. The summed E-state index contributed by atoms with van der Waals surface area (Å²) in [5.74, 6) is 0. The fraction of sp³-hybridized carbons (Fsp3) is 0.308. The number of pyridine rings is 1. The van der Waals surface area contributed by atoms with Gasteiger partial charge in [0.25, 0.3) is 0 Å². The molecule has 0 aliphatic carbocycles. The minimum Gasteiger partial charge on any atom is -0.312 e. The van der Waals surface area contributed by atoms with Crippen molar-refractivity contribution in [1.82, 2.24) is 24.9 Å². The zero-order valence-electron chi connectivity index (χ0n) is 10.1. The molecule has 0 saturated carbocycles. The zero-order valence-corrected chi connectivity index (χ0v) is 10.1. The summed E-state index contributed by atoms with van der Waals surface area (Å²) in [6, 6.07) is 4.06. The van der Waals surface area contributed by atoms with Gasteiger partial charge in [-0.3, -0.25) is 0 Å². The number of hydrogen-bond acceptors (Lipinski definition) is 4. The maximum atomic E-state index is 4.60. The third-order valence-electron chi connectivity index (χ3n) is 3.47. The van der Waals surface area contributed by atoms with E-state index in [9.17, 15) is 0 Å². The second kappa shape index (κ2) is 3.49. The van der Waals surface area contributed by atoms with Gasteiger partial charge in [0.1, 0.15) is 0 Å². The van der Waals surface area contributed by atoms with Crippen molar-refractivity contribution >= 4 is 16.7 Å². The van der Waals surface area contributed by atoms with Crippen molar-refractivity contribution in [2.45, 2.75) is 19.9 Å². The molecule has 1 aliphatic heterocycles. The van der Waals surface area contributed by atoms with Crippen LogP contribution in [0.5, 0.6) is 0 Å². The van der Waals surface area contributed by atoms with Gasteiger partial charge in [-0.2, -0.15) is 0 Å². The van der Waals surface area contributed by atoms with Crippen LogP contribution in [0.4, 0.5) is 0 Å². The van der Waals surface area contributed by atoms with Crippen molar-refractivity contribution in [1.29, 1.82) is 0 Å². The smallest absolute Gasteiger partial charge is 0.184 e. The summed E-state index contributed by atoms with van der Waals surface area (Å²) in [6.45, 7) is 3.85. The van der Waals surface area contributed by atoms with E-state index in [1.54, 1.807) is 0 Å². The molecular formula is C13H13N5. The summed E-state index contributed by atoms with van der Waals surface area (Å²) in [6.07, 6.45) is 2.94. The van der Waals surface area contributed by atoms with Crippen molar-refractivity contribution in [2.24, 2.45) is 0 Å². The van der Waals surface area contributed by atoms with Crippen LogP contribution in [-0.4, -0.2) is 26.1 Å². The minimum absolute atomic E-state index is 0.787. The molecule has 90 valence electrons. The summed E-state index contributed by atoms with van der Waals surface area (Å²) in [4.78, 5) is 9.01. The molecule has 4 heterocycles. The molecular weight excluding hydrogens is 226 g/mol. The third-order valence-corrected chi connectivity index (χ3v) is 3.47. The highest BCUT2D eigenvalue weighted by molar-refractivity contribution is 5.89. The first-order valence-electron chi connectivity index (χ1n) is 6.16. The van der Waals surface area contributed by atoms with E-state index in [-0.39, 0.29) is 0 Å². The van der Waals surface area contributed by atoms with Gasteiger partial charge in [0.15, 0.2) is 11.3 Å². The van der Waals surface area contributed by atoms with E-state index in [2.05, 4.69) is 26.4 Å². The van der Waals surface area contributed by atoms with Crippen molar-refractivity contribution in [2.75, 3.05) is 6.54 Å². The van der Waals surface area contributed by atoms with E-state index in [0.717, 1.165) is 41.9 Å². The Balaban J connectivity index is 2.13. The largest absolute Gasteiger partial charge is 0.312 e. The van der Waals surface area contributed by atoms with Gasteiger partial charge in [-0.1, -0.05) is 0 Å². The van der Waals surface area contributed by atoms with Crippen molar-refractivity contribution in [3.8, 4) is 0 Å². The fourth-order valence-electron chi connectivity index (χ4n) is 2.56. The van der Waals surface area contributed by atoms with Crippen molar-refractivity contribution in [3.05, 3.63) is 35.3 Å². The Labute approximate surface area is 104 Å². The van der Waals surface area contributed by atoms with Gasteiger partial charge in [-0.25, -0.2) is 14.5 Å². The Morgan fingerprint density at radius 2 is 2.28 bits per heavy atom. The van der Waals surface area contributed by atoms with E-state index >= 15 is 0 Å². The van der Waals surface area contributed by atoms with Crippen LogP contribution in [0.1, 0.15) is 17.0 Å². The number of nitrogens with zero attached hydrogens (tertiary/aromatic N) is 4. The van der Waals surface area contributed by atoms with Crippen LogP contribution >= 0.6 is 0 Å². The standard InChI is InChI=1S/C13H13N5/c1-8-2-3-10-12(16-8)17-18-11-4-5-14-6-9(11)7-15-13(10)18/h2-3,7,14H,4-6H2,1H3. The van der Waals surface area contributed by atoms with Crippen LogP contribution in [-0.2, 0) is 13.0 Å². The summed E-state index contributed by atoms with van der Waals surface area (Å²) >= 11 is 0. The molecule has 4 rings (SSSR count). The highest BCUT2D eigenvalue weighted by Gasteiger charge is 2.16. The number of hydrogen-bond donors (Lipinski definition) is 1.